The molecule has 6 nitrogen and oxygen atoms in total. The summed E-state index contributed by atoms with van der Waals surface area (Å²) in [5.41, 5.74) is 1.07. The number of amides is 2. The summed E-state index contributed by atoms with van der Waals surface area (Å²) in [6, 6.07) is 10.1. The van der Waals surface area contributed by atoms with Crippen molar-refractivity contribution in [2.24, 2.45) is 0 Å². The number of hydrogen-bond acceptors (Lipinski definition) is 4. The zero-order chi connectivity index (χ0) is 22.6. The first-order valence-corrected chi connectivity index (χ1v) is 13.6. The number of hydrogen-bond donors (Lipinski definition) is 1. The third-order valence-electron chi connectivity index (χ3n) is 6.13. The molecule has 168 valence electrons. The van der Waals surface area contributed by atoms with Crippen LogP contribution >= 0.6 is 0 Å². The summed E-state index contributed by atoms with van der Waals surface area (Å²) in [7, 11) is -1.92. The highest BCUT2D eigenvalue weighted by molar-refractivity contribution is 6.74. The first-order valence-electron chi connectivity index (χ1n) is 10.7. The first-order chi connectivity index (χ1) is 14.5. The van der Waals surface area contributed by atoms with E-state index in [2.05, 4.69) is 49.1 Å². The van der Waals surface area contributed by atoms with Gasteiger partial charge in [-0.2, -0.15) is 0 Å². The van der Waals surface area contributed by atoms with Gasteiger partial charge in [-0.3, -0.25) is 10.2 Å². The molecule has 1 aliphatic heterocycles. The van der Waals surface area contributed by atoms with Gasteiger partial charge in [0.05, 0.1) is 6.20 Å². The van der Waals surface area contributed by atoms with Crippen molar-refractivity contribution in [1.29, 1.82) is 0 Å². The van der Waals surface area contributed by atoms with Crippen molar-refractivity contribution in [3.05, 3.63) is 54.0 Å². The van der Waals surface area contributed by atoms with E-state index in [9.17, 15) is 9.18 Å². The van der Waals surface area contributed by atoms with Gasteiger partial charge < -0.3 is 9.33 Å². The van der Waals surface area contributed by atoms with Crippen LogP contribution in [0.5, 0.6) is 5.75 Å². The van der Waals surface area contributed by atoms with E-state index in [4.69, 9.17) is 4.43 Å². The third-order valence-corrected chi connectivity index (χ3v) is 10.5. The maximum Gasteiger partial charge on any atom is 0.323 e. The quantitative estimate of drug-likeness (QED) is 0.663. The first kappa shape index (κ1) is 23.2. The lowest BCUT2D eigenvalue weighted by Gasteiger charge is -2.36. The molecule has 0 aliphatic carbocycles. The number of urea groups is 1. The Morgan fingerprint density at radius 2 is 1.74 bits per heavy atom. The molecule has 2 amide bonds. The van der Waals surface area contributed by atoms with Gasteiger partial charge in [0.2, 0.25) is 0 Å². The lowest BCUT2D eigenvalue weighted by Crippen LogP contribution is -2.49. The number of halogens is 1. The molecule has 31 heavy (non-hydrogen) atoms. The van der Waals surface area contributed by atoms with Crippen molar-refractivity contribution in [2.75, 3.05) is 31.5 Å². The van der Waals surface area contributed by atoms with Crippen molar-refractivity contribution in [1.82, 2.24) is 14.8 Å². The fraction of sp³-hybridized carbons (Fsp3) is 0.478. The second kappa shape index (κ2) is 9.36. The van der Waals surface area contributed by atoms with Gasteiger partial charge in [-0.1, -0.05) is 32.9 Å². The van der Waals surface area contributed by atoms with Crippen molar-refractivity contribution in [3.8, 4) is 5.75 Å². The minimum absolute atomic E-state index is 0.110. The largest absolute Gasteiger partial charge is 0.542 e. The van der Waals surface area contributed by atoms with E-state index in [1.54, 1.807) is 29.3 Å². The van der Waals surface area contributed by atoms with Crippen molar-refractivity contribution in [3.63, 3.8) is 0 Å². The van der Waals surface area contributed by atoms with Gasteiger partial charge in [-0.05, 0) is 48.0 Å². The maximum absolute atomic E-state index is 13.1. The van der Waals surface area contributed by atoms with Gasteiger partial charge in [-0.25, -0.2) is 14.2 Å². The fourth-order valence-corrected chi connectivity index (χ4v) is 4.12. The van der Waals surface area contributed by atoms with Gasteiger partial charge in [-0.15, -0.1) is 0 Å². The molecule has 0 atom stereocenters. The van der Waals surface area contributed by atoms with E-state index in [1.165, 1.54) is 12.1 Å². The molecule has 0 bridgehead atoms. The number of nitrogens with zero attached hydrogens (tertiary/aromatic N) is 3. The third kappa shape index (κ3) is 6.27. The summed E-state index contributed by atoms with van der Waals surface area (Å²) in [6.45, 7) is 14.6. The molecular formula is C23H33FN4O2Si. The van der Waals surface area contributed by atoms with Crippen molar-refractivity contribution >= 4 is 20.2 Å². The Hall–Kier alpha value is -2.45. The second-order valence-corrected chi connectivity index (χ2v) is 14.3. The van der Waals surface area contributed by atoms with E-state index in [0.717, 1.165) is 30.9 Å². The summed E-state index contributed by atoms with van der Waals surface area (Å²) in [6.07, 6.45) is 1.68. The zero-order valence-corrected chi connectivity index (χ0v) is 20.1. The average Bonchev–Trinajstić information content (AvgIpc) is 2.71. The molecule has 1 fully saturated rings. The van der Waals surface area contributed by atoms with Crippen LogP contribution in [0.25, 0.3) is 0 Å². The number of pyridine rings is 1. The summed E-state index contributed by atoms with van der Waals surface area (Å²) in [5.74, 6) is 1.03. The number of piperazine rings is 1. The Morgan fingerprint density at radius 3 is 2.29 bits per heavy atom. The van der Waals surface area contributed by atoms with Crippen LogP contribution in [0.15, 0.2) is 42.6 Å². The highest BCUT2D eigenvalue weighted by Gasteiger charge is 2.39. The van der Waals surface area contributed by atoms with Crippen molar-refractivity contribution < 1.29 is 13.6 Å². The molecule has 8 heteroatoms. The molecule has 1 aliphatic rings. The lowest BCUT2D eigenvalue weighted by atomic mass is 10.2. The molecular weight excluding hydrogens is 411 g/mol. The van der Waals surface area contributed by atoms with Gasteiger partial charge >= 0.3 is 6.03 Å². The molecule has 2 heterocycles. The highest BCUT2D eigenvalue weighted by atomic mass is 28.4. The van der Waals surface area contributed by atoms with Gasteiger partial charge in [0.1, 0.15) is 17.4 Å². The number of rotatable bonds is 5. The Balaban J connectivity index is 1.48. The predicted octanol–water partition coefficient (Wildman–Crippen LogP) is 4.95. The normalized spacial score (nSPS) is 15.6. The van der Waals surface area contributed by atoms with E-state index in [-0.39, 0.29) is 16.9 Å². The van der Waals surface area contributed by atoms with Crippen LogP contribution in [-0.4, -0.2) is 55.3 Å². The zero-order valence-electron chi connectivity index (χ0n) is 19.1. The topological polar surface area (TPSA) is 57.7 Å². The van der Waals surface area contributed by atoms with Crippen molar-refractivity contribution in [2.45, 2.75) is 45.4 Å². The number of aromatic nitrogens is 1. The summed E-state index contributed by atoms with van der Waals surface area (Å²) >= 11 is 0. The molecule has 0 radical (unpaired) electrons. The summed E-state index contributed by atoms with van der Waals surface area (Å²) in [4.78, 5) is 21.0. The molecule has 1 aromatic heterocycles. The molecule has 0 unspecified atom stereocenters. The molecule has 3 rings (SSSR count). The monoisotopic (exact) mass is 444 g/mol. The molecule has 0 saturated carbocycles. The predicted molar refractivity (Wildman–Crippen MR) is 124 cm³/mol. The van der Waals surface area contributed by atoms with Gasteiger partial charge in [0.25, 0.3) is 8.32 Å². The minimum atomic E-state index is -1.92. The minimum Gasteiger partial charge on any atom is -0.542 e. The molecule has 1 saturated heterocycles. The highest BCUT2D eigenvalue weighted by Crippen LogP contribution is 2.37. The van der Waals surface area contributed by atoms with Crippen LogP contribution in [0.1, 0.15) is 26.3 Å². The number of benzene rings is 1. The molecule has 1 aromatic carbocycles. The lowest BCUT2D eigenvalue weighted by molar-refractivity contribution is 0.143. The van der Waals surface area contributed by atoms with Crippen LogP contribution in [-0.2, 0) is 6.54 Å². The smallest absolute Gasteiger partial charge is 0.323 e. The standard InChI is InChI=1S/C23H33FN4O2Si/c1-23(2,3)31(4,5)30-20-10-11-21(25-16-20)26-22(29)28-14-12-27(13-15-28)17-18-6-8-19(24)9-7-18/h6-11,16H,12-15,17H2,1-5H3,(H,25,26,29). The average molecular weight is 445 g/mol. The Bertz CT molecular complexity index is 874. The van der Waals surface area contributed by atoms with Gasteiger partial charge in [0, 0.05) is 32.7 Å². The van der Waals surface area contributed by atoms with E-state index in [1.807, 2.05) is 6.07 Å². The van der Waals surface area contributed by atoms with E-state index >= 15 is 0 Å². The van der Waals surface area contributed by atoms with E-state index < -0.39 is 8.32 Å². The van der Waals surface area contributed by atoms with Gasteiger partial charge in [0.15, 0.2) is 0 Å². The molecule has 2 aromatic rings. The number of anilines is 1. The number of carbonyl (C=O) groups is 1. The van der Waals surface area contributed by atoms with Crippen LogP contribution < -0.4 is 9.74 Å². The van der Waals surface area contributed by atoms with Crippen LogP contribution in [0.2, 0.25) is 18.1 Å². The SMILES string of the molecule is CC(C)(C)[Si](C)(C)Oc1ccc(NC(=O)N2CCN(Cc3ccc(F)cc3)CC2)nc1. The fourth-order valence-electron chi connectivity index (χ4n) is 3.11. The maximum atomic E-state index is 13.1. The number of carbonyl (C=O) groups excluding carboxylic acids is 1. The molecule has 1 N–H and O–H groups in total. The van der Waals surface area contributed by atoms with E-state index in [0.29, 0.717) is 18.9 Å². The summed E-state index contributed by atoms with van der Waals surface area (Å²) < 4.78 is 19.3. The van der Waals surface area contributed by atoms with Crippen LogP contribution in [0.4, 0.5) is 15.0 Å². The summed E-state index contributed by atoms with van der Waals surface area (Å²) in [5, 5.41) is 2.98. The van der Waals surface area contributed by atoms with Crippen LogP contribution in [0, 0.1) is 5.82 Å². The number of nitrogens with one attached hydrogen (secondary N) is 1. The van der Waals surface area contributed by atoms with Crippen LogP contribution in [0.3, 0.4) is 0 Å². The Morgan fingerprint density at radius 1 is 1.10 bits per heavy atom. The molecule has 0 spiro atoms. The second-order valence-electron chi connectivity index (χ2n) is 9.56. The Kier molecular flexibility index (Phi) is 7.01. The Labute approximate surface area is 185 Å².